The lowest BCUT2D eigenvalue weighted by molar-refractivity contribution is -0.116. The third kappa shape index (κ3) is 5.87. The highest BCUT2D eigenvalue weighted by molar-refractivity contribution is 7.18. The number of amides is 2. The Morgan fingerprint density at radius 1 is 1.13 bits per heavy atom. The van der Waals surface area contributed by atoms with Crippen LogP contribution in [0.5, 0.6) is 5.75 Å². The number of thiophene rings is 1. The largest absolute Gasteiger partial charge is 0.497 e. The molecule has 3 rings (SSSR count). The first-order valence-corrected chi connectivity index (χ1v) is 11.4. The summed E-state index contributed by atoms with van der Waals surface area (Å²) in [5.41, 5.74) is 0.904. The molecule has 0 aliphatic rings. The number of nitrogens with zero attached hydrogens (tertiary/aromatic N) is 3. The molecule has 30 heavy (non-hydrogen) atoms. The van der Waals surface area contributed by atoms with Gasteiger partial charge in [0.1, 0.15) is 10.8 Å². The highest BCUT2D eigenvalue weighted by Gasteiger charge is 2.18. The molecule has 0 saturated carbocycles. The van der Waals surface area contributed by atoms with Gasteiger partial charge in [-0.2, -0.15) is 0 Å². The minimum absolute atomic E-state index is 0.0241. The summed E-state index contributed by atoms with van der Waals surface area (Å²) < 4.78 is 5.16. The molecule has 0 aliphatic heterocycles. The summed E-state index contributed by atoms with van der Waals surface area (Å²) in [5, 5.41) is 14.0. The van der Waals surface area contributed by atoms with E-state index in [4.69, 9.17) is 4.74 Å². The van der Waals surface area contributed by atoms with E-state index >= 15 is 0 Å². The Balaban J connectivity index is 1.56. The first-order valence-electron chi connectivity index (χ1n) is 9.71. The highest BCUT2D eigenvalue weighted by atomic mass is 32.1. The van der Waals surface area contributed by atoms with Crippen LogP contribution in [-0.4, -0.2) is 47.1 Å². The Morgan fingerprint density at radius 2 is 1.93 bits per heavy atom. The minimum Gasteiger partial charge on any atom is -0.497 e. The number of hydrogen-bond donors (Lipinski definition) is 1. The fourth-order valence-electron chi connectivity index (χ4n) is 2.76. The quantitative estimate of drug-likeness (QED) is 0.496. The summed E-state index contributed by atoms with van der Waals surface area (Å²) >= 11 is 2.72. The van der Waals surface area contributed by atoms with Gasteiger partial charge in [-0.15, -0.1) is 21.5 Å². The Bertz CT molecular complexity index is 955. The fraction of sp³-hybridized carbons (Fsp3) is 0.333. The summed E-state index contributed by atoms with van der Waals surface area (Å²) in [5.74, 6) is 0.554. The monoisotopic (exact) mass is 444 g/mol. The molecule has 0 bridgehead atoms. The molecule has 2 heterocycles. The van der Waals surface area contributed by atoms with Crippen LogP contribution >= 0.6 is 22.7 Å². The average molecular weight is 445 g/mol. The molecule has 0 fully saturated rings. The number of aromatic nitrogens is 2. The van der Waals surface area contributed by atoms with Crippen molar-refractivity contribution in [3.63, 3.8) is 0 Å². The van der Waals surface area contributed by atoms with Gasteiger partial charge >= 0.3 is 0 Å². The number of anilines is 1. The number of hydrogen-bond acceptors (Lipinski definition) is 7. The maximum absolute atomic E-state index is 12.7. The number of carbonyl (C=O) groups excluding carboxylic acids is 2. The van der Waals surface area contributed by atoms with E-state index in [2.05, 4.69) is 22.4 Å². The Kier molecular flexibility index (Phi) is 7.92. The van der Waals surface area contributed by atoms with Crippen LogP contribution in [0.4, 0.5) is 5.13 Å². The summed E-state index contributed by atoms with van der Waals surface area (Å²) in [4.78, 5) is 27.5. The molecule has 2 aromatic heterocycles. The van der Waals surface area contributed by atoms with Crippen LogP contribution in [0.1, 0.15) is 35.9 Å². The van der Waals surface area contributed by atoms with Gasteiger partial charge in [0.05, 0.1) is 12.0 Å². The molecule has 0 radical (unpaired) electrons. The molecule has 1 N–H and O–H groups in total. The molecule has 1 aromatic carbocycles. The van der Waals surface area contributed by atoms with Crippen LogP contribution in [0.3, 0.4) is 0 Å². The van der Waals surface area contributed by atoms with E-state index in [0.717, 1.165) is 24.2 Å². The third-order valence-corrected chi connectivity index (χ3v) is 6.16. The molecule has 0 atom stereocenters. The number of nitrogens with one attached hydrogen (secondary N) is 1. The number of methoxy groups -OCH3 is 1. The van der Waals surface area contributed by atoms with Crippen molar-refractivity contribution < 1.29 is 14.3 Å². The number of carbonyl (C=O) groups is 2. The van der Waals surface area contributed by atoms with Crippen LogP contribution in [0.25, 0.3) is 10.6 Å². The Morgan fingerprint density at radius 3 is 2.60 bits per heavy atom. The van der Waals surface area contributed by atoms with Crippen molar-refractivity contribution in [3.8, 4) is 16.3 Å². The smallest absolute Gasteiger partial charge is 0.263 e. The molecular weight excluding hydrogens is 420 g/mol. The van der Waals surface area contributed by atoms with Crippen molar-refractivity contribution in [2.75, 3.05) is 25.5 Å². The summed E-state index contributed by atoms with van der Waals surface area (Å²) in [7, 11) is 1.62. The Labute approximate surface area is 183 Å². The van der Waals surface area contributed by atoms with Gasteiger partial charge in [-0.3, -0.25) is 9.59 Å². The second-order valence-electron chi connectivity index (χ2n) is 6.56. The highest BCUT2D eigenvalue weighted by Crippen LogP contribution is 2.27. The zero-order valence-corrected chi connectivity index (χ0v) is 18.6. The van der Waals surface area contributed by atoms with Gasteiger partial charge in [0.25, 0.3) is 5.91 Å². The summed E-state index contributed by atoms with van der Waals surface area (Å²) in [6.07, 6.45) is 2.10. The lowest BCUT2D eigenvalue weighted by Gasteiger charge is -2.21. The predicted octanol–water partition coefficient (Wildman–Crippen LogP) is 4.55. The van der Waals surface area contributed by atoms with Crippen molar-refractivity contribution in [2.24, 2.45) is 0 Å². The van der Waals surface area contributed by atoms with Gasteiger partial charge in [-0.25, -0.2) is 0 Å². The maximum atomic E-state index is 12.7. The van der Waals surface area contributed by atoms with Crippen molar-refractivity contribution in [2.45, 2.75) is 26.2 Å². The first kappa shape index (κ1) is 21.9. The van der Waals surface area contributed by atoms with Crippen molar-refractivity contribution >= 4 is 39.6 Å². The lowest BCUT2D eigenvalue weighted by Crippen LogP contribution is -2.34. The SMILES string of the molecule is CCCCN(CCC(=O)Nc1nnc(-c2ccc(OC)cc2)s1)C(=O)c1cccs1. The number of rotatable bonds is 10. The van der Waals surface area contributed by atoms with Gasteiger partial charge in [0.15, 0.2) is 0 Å². The van der Waals surface area contributed by atoms with E-state index in [1.54, 1.807) is 12.0 Å². The molecule has 9 heteroatoms. The van der Waals surface area contributed by atoms with E-state index in [1.165, 1.54) is 22.7 Å². The van der Waals surface area contributed by atoms with Crippen LogP contribution in [0, 0.1) is 0 Å². The fourth-order valence-corrected chi connectivity index (χ4v) is 4.22. The second kappa shape index (κ2) is 10.8. The molecule has 3 aromatic rings. The van der Waals surface area contributed by atoms with E-state index in [-0.39, 0.29) is 18.2 Å². The topological polar surface area (TPSA) is 84.4 Å². The summed E-state index contributed by atoms with van der Waals surface area (Å²) in [6, 6.07) is 11.2. The molecule has 0 unspecified atom stereocenters. The zero-order chi connectivity index (χ0) is 21.3. The van der Waals surface area contributed by atoms with Gasteiger partial charge in [0.2, 0.25) is 11.0 Å². The number of ether oxygens (including phenoxy) is 1. The number of unbranched alkanes of at least 4 members (excludes halogenated alkanes) is 1. The predicted molar refractivity (Wildman–Crippen MR) is 120 cm³/mol. The van der Waals surface area contributed by atoms with Crippen LogP contribution < -0.4 is 10.1 Å². The molecule has 0 spiro atoms. The third-order valence-electron chi connectivity index (χ3n) is 4.42. The van der Waals surface area contributed by atoms with E-state index in [9.17, 15) is 9.59 Å². The molecular formula is C21H24N4O3S2. The Hall–Kier alpha value is -2.78. The molecule has 2 amide bonds. The second-order valence-corrected chi connectivity index (χ2v) is 8.49. The van der Waals surface area contributed by atoms with Crippen molar-refractivity contribution in [1.29, 1.82) is 0 Å². The van der Waals surface area contributed by atoms with E-state index in [0.29, 0.717) is 28.1 Å². The van der Waals surface area contributed by atoms with E-state index in [1.807, 2.05) is 41.8 Å². The normalized spacial score (nSPS) is 10.6. The van der Waals surface area contributed by atoms with E-state index < -0.39 is 0 Å². The van der Waals surface area contributed by atoms with Gasteiger partial charge < -0.3 is 15.0 Å². The van der Waals surface area contributed by atoms with Crippen molar-refractivity contribution in [1.82, 2.24) is 15.1 Å². The van der Waals surface area contributed by atoms with Gasteiger partial charge in [-0.05, 0) is 42.1 Å². The summed E-state index contributed by atoms with van der Waals surface area (Å²) in [6.45, 7) is 3.09. The zero-order valence-electron chi connectivity index (χ0n) is 17.0. The first-order chi connectivity index (χ1) is 14.6. The standard InChI is InChI=1S/C21H24N4O3S2/c1-3-4-12-25(20(27)17-6-5-14-29-17)13-11-18(26)22-21-24-23-19(30-21)15-7-9-16(28-2)10-8-15/h5-10,14H,3-4,11-13H2,1-2H3,(H,22,24,26). The number of benzene rings is 1. The molecule has 0 aliphatic carbocycles. The lowest BCUT2D eigenvalue weighted by atomic mass is 10.2. The maximum Gasteiger partial charge on any atom is 0.263 e. The van der Waals surface area contributed by atoms with Gasteiger partial charge in [-0.1, -0.05) is 30.7 Å². The van der Waals surface area contributed by atoms with Crippen molar-refractivity contribution in [3.05, 3.63) is 46.7 Å². The van der Waals surface area contributed by atoms with Crippen LogP contribution in [0.2, 0.25) is 0 Å². The minimum atomic E-state index is -0.187. The molecule has 7 nitrogen and oxygen atoms in total. The average Bonchev–Trinajstić information content (AvgIpc) is 3.46. The molecule has 158 valence electrons. The van der Waals surface area contributed by atoms with Crippen LogP contribution in [-0.2, 0) is 4.79 Å². The van der Waals surface area contributed by atoms with Crippen LogP contribution in [0.15, 0.2) is 41.8 Å². The van der Waals surface area contributed by atoms with Gasteiger partial charge in [0, 0.05) is 25.1 Å². The molecule has 0 saturated heterocycles.